The maximum absolute atomic E-state index is 13.5. The fourth-order valence-electron chi connectivity index (χ4n) is 1.90. The normalized spacial score (nSPS) is 21.7. The molecule has 0 radical (unpaired) electrons. The van der Waals surface area contributed by atoms with E-state index in [2.05, 4.69) is 10.4 Å². The molecule has 0 bridgehead atoms. The number of pyridine rings is 1. The Bertz CT molecular complexity index is 575. The van der Waals surface area contributed by atoms with E-state index in [1.807, 2.05) is 0 Å². The molecule has 0 amide bonds. The lowest BCUT2D eigenvalue weighted by Gasteiger charge is -2.24. The molecule has 1 saturated heterocycles. The minimum atomic E-state index is -1.82. The van der Waals surface area contributed by atoms with Gasteiger partial charge in [-0.3, -0.25) is 5.01 Å². The van der Waals surface area contributed by atoms with E-state index in [-0.39, 0.29) is 13.0 Å². The lowest BCUT2D eigenvalue weighted by molar-refractivity contribution is -0.144. The summed E-state index contributed by atoms with van der Waals surface area (Å²) in [6, 6.07) is -1.10. The van der Waals surface area contributed by atoms with E-state index in [0.717, 1.165) is 5.01 Å². The number of hydrazine groups is 1. The second-order valence-electron chi connectivity index (χ2n) is 4.19. The maximum Gasteiger partial charge on any atom is 0.330 e. The summed E-state index contributed by atoms with van der Waals surface area (Å²) >= 11 is 5.59. The quantitative estimate of drug-likeness (QED) is 0.641. The minimum Gasteiger partial charge on any atom is -0.464 e. The largest absolute Gasteiger partial charge is 0.464 e. The van der Waals surface area contributed by atoms with Crippen LogP contribution in [0, 0.1) is 17.6 Å². The predicted octanol–water partition coefficient (Wildman–Crippen LogP) is 1.12. The molecule has 2 unspecified atom stereocenters. The van der Waals surface area contributed by atoms with Crippen LogP contribution in [0.15, 0.2) is 0 Å². The Balaban J connectivity index is 2.42. The van der Waals surface area contributed by atoms with Gasteiger partial charge in [0, 0.05) is 6.42 Å². The molecule has 0 saturated carbocycles. The lowest BCUT2D eigenvalue weighted by Crippen LogP contribution is -2.44. The van der Waals surface area contributed by atoms with Crippen LogP contribution in [-0.2, 0) is 9.53 Å². The molecule has 6 nitrogen and oxygen atoms in total. The van der Waals surface area contributed by atoms with Crippen LogP contribution < -0.4 is 10.4 Å². The Labute approximate surface area is 122 Å². The average Bonchev–Trinajstić information content (AvgIpc) is 2.82. The van der Waals surface area contributed by atoms with Crippen molar-refractivity contribution >= 4 is 23.4 Å². The summed E-state index contributed by atoms with van der Waals surface area (Å²) in [5.74, 6) is -6.47. The molecule has 0 spiro atoms. The highest BCUT2D eigenvalue weighted by molar-refractivity contribution is 6.33. The summed E-state index contributed by atoms with van der Waals surface area (Å²) in [5, 5.41) is 9.58. The van der Waals surface area contributed by atoms with Crippen LogP contribution in [0.3, 0.4) is 0 Å². The fraction of sp³-hybridized carbons (Fsp3) is 0.455. The molecule has 1 aromatic heterocycles. The van der Waals surface area contributed by atoms with Gasteiger partial charge in [0.05, 0.1) is 6.61 Å². The molecule has 2 heterocycles. The van der Waals surface area contributed by atoms with Gasteiger partial charge in [-0.25, -0.2) is 14.6 Å². The van der Waals surface area contributed by atoms with Crippen molar-refractivity contribution in [3.8, 4) is 0 Å². The van der Waals surface area contributed by atoms with E-state index in [4.69, 9.17) is 16.3 Å². The number of carbonyl (C=O) groups excluding carboxylic acids is 1. The first-order chi connectivity index (χ1) is 9.86. The predicted molar refractivity (Wildman–Crippen MR) is 65.8 cm³/mol. The van der Waals surface area contributed by atoms with Crippen molar-refractivity contribution in [2.75, 3.05) is 11.6 Å². The van der Waals surface area contributed by atoms with Gasteiger partial charge in [0.1, 0.15) is 17.3 Å². The highest BCUT2D eigenvalue weighted by Crippen LogP contribution is 2.32. The number of aliphatic hydroxyl groups is 1. The molecule has 1 aliphatic heterocycles. The Morgan fingerprint density at radius 2 is 2.19 bits per heavy atom. The molecule has 1 aromatic rings. The van der Waals surface area contributed by atoms with Gasteiger partial charge in [0.2, 0.25) is 5.82 Å². The second kappa shape index (κ2) is 6.04. The monoisotopic (exact) mass is 325 g/mol. The number of nitrogens with one attached hydrogen (secondary N) is 1. The average molecular weight is 326 g/mol. The number of halogens is 4. The van der Waals surface area contributed by atoms with Gasteiger partial charge in [-0.05, 0) is 6.92 Å². The molecule has 1 aliphatic rings. The van der Waals surface area contributed by atoms with Crippen molar-refractivity contribution in [2.45, 2.75) is 25.6 Å². The summed E-state index contributed by atoms with van der Waals surface area (Å²) in [5.41, 5.74) is 2.36. The third-order valence-electron chi connectivity index (χ3n) is 2.80. The first-order valence-corrected chi connectivity index (χ1v) is 6.34. The molecule has 2 rings (SSSR count). The van der Waals surface area contributed by atoms with Crippen LogP contribution in [-0.4, -0.2) is 34.9 Å². The van der Waals surface area contributed by atoms with E-state index < -0.39 is 46.7 Å². The molecule has 0 aromatic carbocycles. The molecule has 2 atom stereocenters. The van der Waals surface area contributed by atoms with E-state index in [1.165, 1.54) is 0 Å². The second-order valence-corrected chi connectivity index (χ2v) is 4.56. The third kappa shape index (κ3) is 2.89. The van der Waals surface area contributed by atoms with Crippen LogP contribution in [0.25, 0.3) is 0 Å². The van der Waals surface area contributed by atoms with Crippen molar-refractivity contribution in [1.29, 1.82) is 0 Å². The van der Waals surface area contributed by atoms with Crippen LogP contribution >= 0.6 is 11.6 Å². The standard InChI is InChI=1S/C11H11ClF3N3O3/c1-2-21-11(20)4-3-5(19)17-18(4)10-6(12)7(13)8(14)9(15)16-10/h4-5,17,19H,2-3H2,1H3. The Morgan fingerprint density at radius 1 is 1.52 bits per heavy atom. The van der Waals surface area contributed by atoms with E-state index in [0.29, 0.717) is 0 Å². The number of anilines is 1. The van der Waals surface area contributed by atoms with Crippen molar-refractivity contribution in [1.82, 2.24) is 10.4 Å². The molecule has 1 fully saturated rings. The molecule has 0 aliphatic carbocycles. The van der Waals surface area contributed by atoms with Crippen molar-refractivity contribution < 1.29 is 27.8 Å². The summed E-state index contributed by atoms with van der Waals surface area (Å²) in [4.78, 5) is 14.9. The number of nitrogens with zero attached hydrogens (tertiary/aromatic N) is 2. The topological polar surface area (TPSA) is 74.7 Å². The number of ether oxygens (including phenoxy) is 1. The van der Waals surface area contributed by atoms with Gasteiger partial charge < -0.3 is 9.84 Å². The Morgan fingerprint density at radius 3 is 2.81 bits per heavy atom. The van der Waals surface area contributed by atoms with Gasteiger partial charge in [0.15, 0.2) is 11.6 Å². The summed E-state index contributed by atoms with van der Waals surface area (Å²) in [6.45, 7) is 1.65. The highest BCUT2D eigenvalue weighted by atomic mass is 35.5. The molecular formula is C11H11ClF3N3O3. The van der Waals surface area contributed by atoms with Crippen LogP contribution in [0.5, 0.6) is 0 Å². The van der Waals surface area contributed by atoms with Crippen molar-refractivity contribution in [3.05, 3.63) is 22.6 Å². The number of aliphatic hydroxyl groups excluding tert-OH is 1. The van der Waals surface area contributed by atoms with E-state index in [9.17, 15) is 23.1 Å². The SMILES string of the molecule is CCOC(=O)C1CC(O)NN1c1nc(F)c(F)c(F)c1Cl. The molecule has 116 valence electrons. The zero-order chi connectivity index (χ0) is 15.7. The van der Waals surface area contributed by atoms with Crippen LogP contribution in [0.2, 0.25) is 5.02 Å². The van der Waals surface area contributed by atoms with E-state index in [1.54, 1.807) is 6.92 Å². The fourth-order valence-corrected chi connectivity index (χ4v) is 2.12. The smallest absolute Gasteiger partial charge is 0.330 e. The zero-order valence-corrected chi connectivity index (χ0v) is 11.5. The number of esters is 1. The first-order valence-electron chi connectivity index (χ1n) is 5.96. The Kier molecular flexibility index (Phi) is 4.55. The Hall–Kier alpha value is -1.58. The number of hydrogen-bond donors (Lipinski definition) is 2. The van der Waals surface area contributed by atoms with Crippen LogP contribution in [0.1, 0.15) is 13.3 Å². The molecular weight excluding hydrogens is 315 g/mol. The molecule has 2 N–H and O–H groups in total. The number of aromatic nitrogens is 1. The third-order valence-corrected chi connectivity index (χ3v) is 3.14. The lowest BCUT2D eigenvalue weighted by atomic mass is 10.2. The highest BCUT2D eigenvalue weighted by Gasteiger charge is 2.40. The van der Waals surface area contributed by atoms with Gasteiger partial charge in [0.25, 0.3) is 5.95 Å². The van der Waals surface area contributed by atoms with Gasteiger partial charge >= 0.3 is 5.97 Å². The minimum absolute atomic E-state index is 0.0760. The number of carbonyl (C=O) groups is 1. The molecule has 10 heteroatoms. The van der Waals surface area contributed by atoms with Crippen LogP contribution in [0.4, 0.5) is 19.0 Å². The summed E-state index contributed by atoms with van der Waals surface area (Å²) < 4.78 is 44.5. The first kappa shape index (κ1) is 15.8. The maximum atomic E-state index is 13.5. The van der Waals surface area contributed by atoms with Gasteiger partial charge in [-0.2, -0.15) is 13.8 Å². The summed E-state index contributed by atoms with van der Waals surface area (Å²) in [6.07, 6.45) is -1.29. The molecule has 21 heavy (non-hydrogen) atoms. The summed E-state index contributed by atoms with van der Waals surface area (Å²) in [7, 11) is 0. The van der Waals surface area contributed by atoms with Crippen molar-refractivity contribution in [3.63, 3.8) is 0 Å². The number of rotatable bonds is 3. The van der Waals surface area contributed by atoms with E-state index >= 15 is 0 Å². The van der Waals surface area contributed by atoms with Gasteiger partial charge in [-0.1, -0.05) is 11.6 Å². The van der Waals surface area contributed by atoms with Crippen molar-refractivity contribution in [2.24, 2.45) is 0 Å². The number of hydrogen-bond acceptors (Lipinski definition) is 6. The zero-order valence-electron chi connectivity index (χ0n) is 10.7. The van der Waals surface area contributed by atoms with Gasteiger partial charge in [-0.15, -0.1) is 0 Å².